The molecule has 1 aromatic carbocycles. The smallest absolute Gasteiger partial charge is 0.380 e. The average Bonchev–Trinajstić information content (AvgIpc) is 3.09. The first-order valence-corrected chi connectivity index (χ1v) is 13.8. The van der Waals surface area contributed by atoms with E-state index in [0.29, 0.717) is 30.4 Å². The van der Waals surface area contributed by atoms with Crippen molar-refractivity contribution in [2.75, 3.05) is 30.5 Å². The molecule has 0 saturated carbocycles. The summed E-state index contributed by atoms with van der Waals surface area (Å²) in [6, 6.07) is 5.52. The highest BCUT2D eigenvalue weighted by molar-refractivity contribution is 8.02. The van der Waals surface area contributed by atoms with E-state index in [1.807, 2.05) is 0 Å². The maximum atomic E-state index is 13.0. The molecule has 0 atom stereocenters. The highest BCUT2D eigenvalue weighted by Crippen LogP contribution is 2.34. The molecule has 4 rings (SSSR count). The molecule has 0 N–H and O–H groups in total. The minimum atomic E-state index is -4.67. The summed E-state index contributed by atoms with van der Waals surface area (Å²) in [5.74, 6) is 5.63. The molecular formula is C20H22F3N5O3S2. The van der Waals surface area contributed by atoms with Crippen LogP contribution in [0.5, 0.6) is 0 Å². The fraction of sp³-hybridized carbons (Fsp3) is 0.400. The molecule has 33 heavy (non-hydrogen) atoms. The number of hydrogen-bond acceptors (Lipinski definition) is 7. The molecule has 2 aromatic heterocycles. The van der Waals surface area contributed by atoms with E-state index >= 15 is 0 Å². The molecule has 1 aliphatic rings. The normalized spacial score (nSPS) is 16.8. The third-order valence-corrected chi connectivity index (χ3v) is 9.56. The first-order chi connectivity index (χ1) is 15.4. The van der Waals surface area contributed by atoms with Crippen LogP contribution in [0.1, 0.15) is 12.6 Å². The molecule has 0 spiro atoms. The Morgan fingerprint density at radius 2 is 1.91 bits per heavy atom. The summed E-state index contributed by atoms with van der Waals surface area (Å²) in [5.41, 5.74) is -0.363. The van der Waals surface area contributed by atoms with Crippen LogP contribution in [0.25, 0.3) is 22.6 Å². The molecule has 0 amide bonds. The van der Waals surface area contributed by atoms with Gasteiger partial charge in [-0.05, 0) is 18.2 Å². The zero-order chi connectivity index (χ0) is 24.0. The number of alkyl halides is 3. The predicted octanol–water partition coefficient (Wildman–Crippen LogP) is 3.27. The van der Waals surface area contributed by atoms with Gasteiger partial charge in [0.2, 0.25) is 0 Å². The second-order valence-corrected chi connectivity index (χ2v) is 12.9. The number of hydrogen-bond donors (Lipinski definition) is 0. The number of imidazole rings is 1. The Labute approximate surface area is 189 Å². The van der Waals surface area contributed by atoms with E-state index in [0.717, 1.165) is 6.07 Å². The van der Waals surface area contributed by atoms with Crippen LogP contribution in [-0.2, 0) is 37.2 Å². The standard InChI is InChI=1S/C20H22F3N5O3S2/c1-4-33(29,30)16-11-13(27-32(3)9-7-31-8-10-32)5-6-14(16)18-24-15-12-17(20(21,22)23)25-26-19(15)28(18)2/h5-6,11-12H,3-4,7-10H2,1-2H3. The summed E-state index contributed by atoms with van der Waals surface area (Å²) in [4.78, 5) is 4.27. The fourth-order valence-corrected chi connectivity index (χ4v) is 6.39. The molecule has 0 unspecified atom stereocenters. The number of halogens is 3. The summed E-state index contributed by atoms with van der Waals surface area (Å²) in [7, 11) is -3.74. The molecule has 3 aromatic rings. The van der Waals surface area contributed by atoms with Gasteiger partial charge in [0.15, 0.2) is 21.2 Å². The summed E-state index contributed by atoms with van der Waals surface area (Å²) < 4.78 is 76.6. The van der Waals surface area contributed by atoms with E-state index in [1.54, 1.807) is 19.2 Å². The number of aromatic nitrogens is 4. The third kappa shape index (κ3) is 4.62. The van der Waals surface area contributed by atoms with E-state index in [-0.39, 0.29) is 33.2 Å². The van der Waals surface area contributed by atoms with Crippen LogP contribution >= 0.6 is 0 Å². The van der Waals surface area contributed by atoms with Crippen molar-refractivity contribution in [3.05, 3.63) is 30.0 Å². The van der Waals surface area contributed by atoms with E-state index in [2.05, 4.69) is 21.1 Å². The van der Waals surface area contributed by atoms with Gasteiger partial charge in [0.05, 0.1) is 29.5 Å². The molecule has 178 valence electrons. The highest BCUT2D eigenvalue weighted by Gasteiger charge is 2.34. The molecule has 0 bridgehead atoms. The summed E-state index contributed by atoms with van der Waals surface area (Å²) in [5, 5.41) is 6.89. The zero-order valence-corrected chi connectivity index (χ0v) is 19.6. The highest BCUT2D eigenvalue weighted by atomic mass is 32.2. The van der Waals surface area contributed by atoms with Crippen molar-refractivity contribution in [3.8, 4) is 11.4 Å². The first kappa shape index (κ1) is 23.6. The maximum Gasteiger partial charge on any atom is 0.435 e. The lowest BCUT2D eigenvalue weighted by Gasteiger charge is -2.21. The van der Waals surface area contributed by atoms with E-state index in [4.69, 9.17) is 9.10 Å². The van der Waals surface area contributed by atoms with Crippen molar-refractivity contribution in [2.45, 2.75) is 18.0 Å². The van der Waals surface area contributed by atoms with E-state index in [9.17, 15) is 21.6 Å². The van der Waals surface area contributed by atoms with Gasteiger partial charge in [-0.2, -0.15) is 13.2 Å². The molecule has 1 fully saturated rings. The first-order valence-electron chi connectivity index (χ1n) is 10.0. The quantitative estimate of drug-likeness (QED) is 0.509. The largest absolute Gasteiger partial charge is 0.435 e. The van der Waals surface area contributed by atoms with Gasteiger partial charge in [-0.15, -0.1) is 19.6 Å². The summed E-state index contributed by atoms with van der Waals surface area (Å²) in [6.45, 7) is 2.63. The Bertz CT molecular complexity index is 1440. The SMILES string of the molecule is C=S1(=Nc2ccc(-c3nc4cc(C(F)(F)F)nnc4n3C)c(S(=O)(=O)CC)c2)CCOCC1. The monoisotopic (exact) mass is 501 g/mol. The van der Waals surface area contributed by atoms with Crippen molar-refractivity contribution < 1.29 is 26.3 Å². The lowest BCUT2D eigenvalue weighted by molar-refractivity contribution is -0.141. The van der Waals surface area contributed by atoms with E-state index < -0.39 is 31.1 Å². The van der Waals surface area contributed by atoms with Gasteiger partial charge in [0.25, 0.3) is 0 Å². The van der Waals surface area contributed by atoms with Crippen LogP contribution < -0.4 is 0 Å². The van der Waals surface area contributed by atoms with Gasteiger partial charge in [0.1, 0.15) is 11.3 Å². The van der Waals surface area contributed by atoms with Gasteiger partial charge in [-0.25, -0.2) is 17.8 Å². The van der Waals surface area contributed by atoms with Crippen molar-refractivity contribution in [2.24, 2.45) is 11.4 Å². The molecule has 1 saturated heterocycles. The Morgan fingerprint density at radius 3 is 2.55 bits per heavy atom. The molecule has 0 radical (unpaired) electrons. The van der Waals surface area contributed by atoms with Gasteiger partial charge in [0, 0.05) is 30.2 Å². The van der Waals surface area contributed by atoms with Crippen LogP contribution in [-0.4, -0.2) is 64.5 Å². The van der Waals surface area contributed by atoms with E-state index in [1.165, 1.54) is 17.6 Å². The Hall–Kier alpha value is -2.51. The minimum Gasteiger partial charge on any atom is -0.380 e. The Kier molecular flexibility index (Phi) is 5.99. The molecular weight excluding hydrogens is 479 g/mol. The fourth-order valence-electron chi connectivity index (χ4n) is 3.48. The van der Waals surface area contributed by atoms with Crippen LogP contribution in [0, 0.1) is 0 Å². The van der Waals surface area contributed by atoms with Gasteiger partial charge in [-0.1, -0.05) is 12.8 Å². The van der Waals surface area contributed by atoms with Crippen molar-refractivity contribution in [1.29, 1.82) is 0 Å². The van der Waals surface area contributed by atoms with Gasteiger partial charge >= 0.3 is 6.18 Å². The molecule has 1 aliphatic heterocycles. The van der Waals surface area contributed by atoms with Crippen molar-refractivity contribution in [3.63, 3.8) is 0 Å². The van der Waals surface area contributed by atoms with Gasteiger partial charge in [-0.3, -0.25) is 0 Å². The predicted molar refractivity (Wildman–Crippen MR) is 122 cm³/mol. The van der Waals surface area contributed by atoms with Crippen LogP contribution in [0.4, 0.5) is 18.9 Å². The van der Waals surface area contributed by atoms with Crippen LogP contribution in [0.2, 0.25) is 0 Å². The molecule has 0 aliphatic carbocycles. The molecule has 13 heteroatoms. The molecule has 3 heterocycles. The number of aryl methyl sites for hydroxylation is 1. The summed E-state index contributed by atoms with van der Waals surface area (Å²) >= 11 is 0. The van der Waals surface area contributed by atoms with Crippen molar-refractivity contribution >= 4 is 42.0 Å². The minimum absolute atomic E-state index is 0.00344. The van der Waals surface area contributed by atoms with Crippen LogP contribution in [0.3, 0.4) is 0 Å². The number of sulfone groups is 1. The number of nitrogens with zero attached hydrogens (tertiary/aromatic N) is 5. The molecule has 8 nitrogen and oxygen atoms in total. The summed E-state index contributed by atoms with van der Waals surface area (Å²) in [6.07, 6.45) is -4.67. The Balaban J connectivity index is 1.90. The van der Waals surface area contributed by atoms with Crippen molar-refractivity contribution in [1.82, 2.24) is 19.7 Å². The number of benzene rings is 1. The topological polar surface area (TPSA) is 99.3 Å². The second kappa shape index (κ2) is 8.37. The lowest BCUT2D eigenvalue weighted by atomic mass is 10.2. The lowest BCUT2D eigenvalue weighted by Crippen LogP contribution is -2.25. The van der Waals surface area contributed by atoms with Crippen LogP contribution in [0.15, 0.2) is 33.5 Å². The maximum absolute atomic E-state index is 13.0. The van der Waals surface area contributed by atoms with Gasteiger partial charge < -0.3 is 9.30 Å². The second-order valence-electron chi connectivity index (χ2n) is 7.63. The number of ether oxygens (including phenoxy) is 1. The number of fused-ring (bicyclic) bond motifs is 1. The Morgan fingerprint density at radius 1 is 1.21 bits per heavy atom. The zero-order valence-electron chi connectivity index (χ0n) is 18.0. The third-order valence-electron chi connectivity index (χ3n) is 5.34. The number of rotatable bonds is 4. The average molecular weight is 502 g/mol.